The molecule has 1 fully saturated rings. The lowest BCUT2D eigenvalue weighted by Gasteiger charge is -2.39. The molecule has 0 saturated heterocycles. The van der Waals surface area contributed by atoms with E-state index < -0.39 is 0 Å². The van der Waals surface area contributed by atoms with Crippen LogP contribution in [0.25, 0.3) is 33.9 Å². The number of hydrogen-bond acceptors (Lipinski definition) is 3. The van der Waals surface area contributed by atoms with E-state index in [0.717, 1.165) is 63.8 Å². The van der Waals surface area contributed by atoms with E-state index in [-0.39, 0.29) is 5.41 Å². The van der Waals surface area contributed by atoms with Crippen molar-refractivity contribution in [1.82, 2.24) is 9.97 Å². The van der Waals surface area contributed by atoms with Crippen LogP contribution in [0.15, 0.2) is 176 Å². The van der Waals surface area contributed by atoms with Gasteiger partial charge in [0, 0.05) is 39.2 Å². The zero-order valence-electron chi connectivity index (χ0n) is 27.6. The molecule has 0 unspecified atom stereocenters. The van der Waals surface area contributed by atoms with Gasteiger partial charge in [-0.05, 0) is 66.4 Å². The molecule has 3 heteroatoms. The lowest BCUT2D eigenvalue weighted by molar-refractivity contribution is 0.346. The lowest BCUT2D eigenvalue weighted by atomic mass is 9.65. The maximum absolute atomic E-state index is 5.08. The first-order valence-electron chi connectivity index (χ1n) is 17.4. The molecule has 0 N–H and O–H groups in total. The van der Waals surface area contributed by atoms with Gasteiger partial charge in [-0.1, -0.05) is 153 Å². The van der Waals surface area contributed by atoms with Gasteiger partial charge in [0.2, 0.25) is 0 Å². The average molecular weight is 634 g/mol. The Kier molecular flexibility index (Phi) is 8.56. The van der Waals surface area contributed by atoms with E-state index in [0.29, 0.717) is 0 Å². The number of anilines is 3. The van der Waals surface area contributed by atoms with Crippen LogP contribution in [0.4, 0.5) is 17.1 Å². The molecule has 1 saturated carbocycles. The summed E-state index contributed by atoms with van der Waals surface area (Å²) >= 11 is 0. The smallest absolute Gasteiger partial charge is 0.160 e. The van der Waals surface area contributed by atoms with Crippen LogP contribution in [0, 0.1) is 0 Å². The normalized spacial score (nSPS) is 13.9. The fourth-order valence-electron chi connectivity index (χ4n) is 7.46. The number of hydrogen-bond donors (Lipinski definition) is 0. The van der Waals surface area contributed by atoms with Gasteiger partial charge in [0.15, 0.2) is 5.82 Å². The monoisotopic (exact) mass is 633 g/mol. The van der Waals surface area contributed by atoms with Gasteiger partial charge >= 0.3 is 0 Å². The Hall–Kier alpha value is -5.80. The number of benzene rings is 6. The second kappa shape index (κ2) is 13.7. The maximum Gasteiger partial charge on any atom is 0.160 e. The molecule has 0 amide bonds. The molecule has 6 aromatic carbocycles. The van der Waals surface area contributed by atoms with Crippen LogP contribution in [0.3, 0.4) is 0 Å². The molecular weight excluding hydrogens is 595 g/mol. The highest BCUT2D eigenvalue weighted by Crippen LogP contribution is 2.46. The number of para-hydroxylation sites is 2. The predicted molar refractivity (Wildman–Crippen MR) is 203 cm³/mol. The van der Waals surface area contributed by atoms with E-state index in [1.165, 1.54) is 30.4 Å². The van der Waals surface area contributed by atoms with Crippen molar-refractivity contribution in [2.75, 3.05) is 4.90 Å². The van der Waals surface area contributed by atoms with Gasteiger partial charge < -0.3 is 4.90 Å². The first kappa shape index (κ1) is 30.5. The highest BCUT2D eigenvalue weighted by Gasteiger charge is 2.36. The van der Waals surface area contributed by atoms with Crippen molar-refractivity contribution in [3.05, 3.63) is 187 Å². The Bertz CT molecular complexity index is 2010. The molecule has 1 heterocycles. The Morgan fingerprint density at radius 3 is 1.31 bits per heavy atom. The molecule has 0 spiro atoms. The van der Waals surface area contributed by atoms with Gasteiger partial charge in [-0.2, -0.15) is 0 Å². The minimum Gasteiger partial charge on any atom is -0.311 e. The van der Waals surface area contributed by atoms with Gasteiger partial charge in [0.05, 0.1) is 11.4 Å². The molecule has 1 aliphatic carbocycles. The summed E-state index contributed by atoms with van der Waals surface area (Å²) < 4.78 is 0. The molecule has 0 aliphatic heterocycles. The summed E-state index contributed by atoms with van der Waals surface area (Å²) in [6, 6.07) is 62.6. The molecule has 0 radical (unpaired) electrons. The van der Waals surface area contributed by atoms with Crippen molar-refractivity contribution >= 4 is 17.1 Å². The summed E-state index contributed by atoms with van der Waals surface area (Å²) in [7, 11) is 0. The zero-order valence-corrected chi connectivity index (χ0v) is 27.6. The molecule has 7 aromatic rings. The van der Waals surface area contributed by atoms with E-state index in [2.05, 4.69) is 157 Å². The lowest BCUT2D eigenvalue weighted by Crippen LogP contribution is -2.30. The molecule has 0 bridgehead atoms. The van der Waals surface area contributed by atoms with Gasteiger partial charge in [0.25, 0.3) is 0 Å². The molecular formula is C46H39N3. The standard InChI is InChI=1S/C46H39N3/c1-6-16-35(17-7-1)43-34-44(48-45(47-43)37-18-8-2-9-19-37)36-24-26-38(27-25-36)46(32-14-5-15-33-46)39-28-30-42(31-29-39)49(40-20-10-3-11-21-40)41-22-12-4-13-23-41/h1-4,6-13,16-31,34H,5,14-15,32-33H2. The van der Waals surface area contributed by atoms with Crippen LogP contribution in [0.1, 0.15) is 43.2 Å². The van der Waals surface area contributed by atoms with Crippen LogP contribution in [0.2, 0.25) is 0 Å². The second-order valence-corrected chi connectivity index (χ2v) is 13.0. The third-order valence-electron chi connectivity index (χ3n) is 9.97. The molecule has 49 heavy (non-hydrogen) atoms. The Morgan fingerprint density at radius 1 is 0.388 bits per heavy atom. The van der Waals surface area contributed by atoms with Crippen molar-refractivity contribution in [2.45, 2.75) is 37.5 Å². The largest absolute Gasteiger partial charge is 0.311 e. The summed E-state index contributed by atoms with van der Waals surface area (Å²) in [6.07, 6.45) is 6.05. The third kappa shape index (κ3) is 6.28. The van der Waals surface area contributed by atoms with Crippen LogP contribution in [-0.2, 0) is 5.41 Å². The Morgan fingerprint density at radius 2 is 0.796 bits per heavy atom. The second-order valence-electron chi connectivity index (χ2n) is 13.0. The third-order valence-corrected chi connectivity index (χ3v) is 9.97. The first-order chi connectivity index (χ1) is 24.3. The minimum absolute atomic E-state index is 0.0182. The van der Waals surface area contributed by atoms with Gasteiger partial charge in [-0.15, -0.1) is 0 Å². The fraction of sp³-hybridized carbons (Fsp3) is 0.130. The fourth-order valence-corrected chi connectivity index (χ4v) is 7.46. The highest BCUT2D eigenvalue weighted by atomic mass is 15.1. The molecule has 8 rings (SSSR count). The van der Waals surface area contributed by atoms with E-state index in [4.69, 9.17) is 9.97 Å². The van der Waals surface area contributed by atoms with Crippen molar-refractivity contribution in [3.63, 3.8) is 0 Å². The quantitative estimate of drug-likeness (QED) is 0.167. The van der Waals surface area contributed by atoms with E-state index in [1.807, 2.05) is 24.3 Å². The van der Waals surface area contributed by atoms with Crippen molar-refractivity contribution in [2.24, 2.45) is 0 Å². The number of nitrogens with zero attached hydrogens (tertiary/aromatic N) is 3. The molecule has 1 aliphatic rings. The maximum atomic E-state index is 5.08. The van der Waals surface area contributed by atoms with Crippen LogP contribution < -0.4 is 4.90 Å². The van der Waals surface area contributed by atoms with E-state index in [9.17, 15) is 0 Å². The SMILES string of the molecule is c1ccc(-c2cc(-c3ccc(C4(c5ccc(N(c6ccccc6)c6ccccc6)cc5)CCCCC4)cc3)nc(-c3ccccc3)n2)cc1. The summed E-state index contributed by atoms with van der Waals surface area (Å²) in [4.78, 5) is 12.4. The summed E-state index contributed by atoms with van der Waals surface area (Å²) in [5.41, 5.74) is 11.3. The van der Waals surface area contributed by atoms with Gasteiger partial charge in [-0.3, -0.25) is 0 Å². The highest BCUT2D eigenvalue weighted by molar-refractivity contribution is 5.77. The van der Waals surface area contributed by atoms with E-state index >= 15 is 0 Å². The predicted octanol–water partition coefficient (Wildman–Crippen LogP) is 12.2. The van der Waals surface area contributed by atoms with Crippen LogP contribution in [-0.4, -0.2) is 9.97 Å². The number of aromatic nitrogens is 2. The topological polar surface area (TPSA) is 29.0 Å². The molecule has 1 aromatic heterocycles. The molecule has 3 nitrogen and oxygen atoms in total. The first-order valence-corrected chi connectivity index (χ1v) is 17.4. The summed E-state index contributed by atoms with van der Waals surface area (Å²) in [5.74, 6) is 0.741. The molecule has 0 atom stereocenters. The Balaban J connectivity index is 1.15. The Labute approximate surface area is 289 Å². The van der Waals surface area contributed by atoms with Crippen molar-refractivity contribution in [1.29, 1.82) is 0 Å². The average Bonchev–Trinajstić information content (AvgIpc) is 3.20. The van der Waals surface area contributed by atoms with Crippen molar-refractivity contribution in [3.8, 4) is 33.9 Å². The van der Waals surface area contributed by atoms with Crippen LogP contribution >= 0.6 is 0 Å². The van der Waals surface area contributed by atoms with Gasteiger partial charge in [-0.25, -0.2) is 9.97 Å². The van der Waals surface area contributed by atoms with Crippen LogP contribution in [0.5, 0.6) is 0 Å². The van der Waals surface area contributed by atoms with Gasteiger partial charge in [0.1, 0.15) is 0 Å². The number of rotatable bonds is 8. The zero-order chi connectivity index (χ0) is 32.9. The van der Waals surface area contributed by atoms with Crippen molar-refractivity contribution < 1.29 is 0 Å². The summed E-state index contributed by atoms with van der Waals surface area (Å²) in [6.45, 7) is 0. The van der Waals surface area contributed by atoms with E-state index in [1.54, 1.807) is 0 Å². The molecule has 238 valence electrons. The minimum atomic E-state index is -0.0182. The summed E-state index contributed by atoms with van der Waals surface area (Å²) in [5, 5.41) is 0.